The topological polar surface area (TPSA) is 80.5 Å². The van der Waals surface area contributed by atoms with Crippen molar-refractivity contribution in [2.24, 2.45) is 0 Å². The maximum Gasteiger partial charge on any atom is 0.418 e. The van der Waals surface area contributed by atoms with Crippen molar-refractivity contribution < 1.29 is 26.5 Å². The van der Waals surface area contributed by atoms with Gasteiger partial charge in [0.25, 0.3) is 5.69 Å². The molecule has 1 aromatic carbocycles. The van der Waals surface area contributed by atoms with E-state index in [9.17, 15) is 31.7 Å². The molecular weight excluding hydrogens is 313 g/mol. The number of nitro benzene ring substituents is 1. The molecule has 1 heterocycles. The Morgan fingerprint density at radius 3 is 2.24 bits per heavy atom. The van der Waals surface area contributed by atoms with Crippen LogP contribution in [0.5, 0.6) is 0 Å². The lowest BCUT2D eigenvalue weighted by molar-refractivity contribution is -0.384. The molecule has 1 saturated heterocycles. The minimum Gasteiger partial charge on any atom is -0.369 e. The first-order chi connectivity index (χ1) is 9.60. The molecule has 10 heteroatoms. The molecule has 0 unspecified atom stereocenters. The van der Waals surface area contributed by atoms with Crippen molar-refractivity contribution in [3.8, 4) is 0 Å². The summed E-state index contributed by atoms with van der Waals surface area (Å²) in [6.45, 7) is -0.237. The number of nitro groups is 1. The average Bonchev–Trinajstić information content (AvgIpc) is 2.37. The zero-order valence-corrected chi connectivity index (χ0v) is 11.4. The number of hydrogen-bond donors (Lipinski definition) is 0. The van der Waals surface area contributed by atoms with Crippen LogP contribution in [-0.4, -0.2) is 37.9 Å². The zero-order valence-electron chi connectivity index (χ0n) is 10.6. The number of alkyl halides is 3. The van der Waals surface area contributed by atoms with Gasteiger partial charge in [0.05, 0.1) is 27.7 Å². The van der Waals surface area contributed by atoms with Gasteiger partial charge in [0, 0.05) is 25.2 Å². The normalized spacial score (nSPS) is 18.5. The van der Waals surface area contributed by atoms with E-state index in [1.807, 2.05) is 0 Å². The van der Waals surface area contributed by atoms with Crippen molar-refractivity contribution in [2.45, 2.75) is 6.18 Å². The van der Waals surface area contributed by atoms with E-state index in [4.69, 9.17) is 0 Å². The first kappa shape index (κ1) is 15.5. The van der Waals surface area contributed by atoms with Crippen LogP contribution in [0.15, 0.2) is 18.2 Å². The van der Waals surface area contributed by atoms with Crippen LogP contribution < -0.4 is 4.90 Å². The SMILES string of the molecule is O=[N+]([O-])c1ccc(C(F)(F)F)c(N2CCS(=O)(=O)CC2)c1. The summed E-state index contributed by atoms with van der Waals surface area (Å²) in [4.78, 5) is 11.1. The van der Waals surface area contributed by atoms with Gasteiger partial charge in [0.2, 0.25) is 0 Å². The number of halogens is 3. The van der Waals surface area contributed by atoms with Gasteiger partial charge in [-0.1, -0.05) is 0 Å². The summed E-state index contributed by atoms with van der Waals surface area (Å²) >= 11 is 0. The first-order valence-corrected chi connectivity index (χ1v) is 7.73. The van der Waals surface area contributed by atoms with Gasteiger partial charge < -0.3 is 4.90 Å². The molecule has 21 heavy (non-hydrogen) atoms. The second kappa shape index (κ2) is 5.17. The summed E-state index contributed by atoms with van der Waals surface area (Å²) in [6.07, 6.45) is -4.67. The van der Waals surface area contributed by atoms with Crippen LogP contribution in [0.3, 0.4) is 0 Å². The Kier molecular flexibility index (Phi) is 3.83. The molecule has 0 bridgehead atoms. The lowest BCUT2D eigenvalue weighted by Crippen LogP contribution is -2.41. The van der Waals surface area contributed by atoms with Crippen molar-refractivity contribution in [1.29, 1.82) is 0 Å². The summed E-state index contributed by atoms with van der Waals surface area (Å²) in [5.74, 6) is -0.542. The Bertz CT molecular complexity index is 659. The molecule has 2 rings (SSSR count). The van der Waals surface area contributed by atoms with Crippen LogP contribution in [0.4, 0.5) is 24.5 Å². The molecule has 0 aromatic heterocycles. The Hall–Kier alpha value is -1.84. The van der Waals surface area contributed by atoms with Crippen LogP contribution in [-0.2, 0) is 16.0 Å². The second-order valence-electron chi connectivity index (χ2n) is 4.60. The molecule has 0 radical (unpaired) electrons. The Morgan fingerprint density at radius 1 is 1.19 bits per heavy atom. The van der Waals surface area contributed by atoms with Gasteiger partial charge in [-0.25, -0.2) is 8.42 Å². The third-order valence-electron chi connectivity index (χ3n) is 3.18. The van der Waals surface area contributed by atoms with E-state index in [0.29, 0.717) is 6.07 Å². The fourth-order valence-electron chi connectivity index (χ4n) is 2.09. The van der Waals surface area contributed by atoms with E-state index >= 15 is 0 Å². The number of sulfone groups is 1. The maximum absolute atomic E-state index is 13.0. The lowest BCUT2D eigenvalue weighted by atomic mass is 10.1. The molecule has 1 aliphatic heterocycles. The molecule has 1 aliphatic rings. The molecule has 6 nitrogen and oxygen atoms in total. The minimum atomic E-state index is -4.67. The lowest BCUT2D eigenvalue weighted by Gasteiger charge is -2.30. The fourth-order valence-corrected chi connectivity index (χ4v) is 3.29. The highest BCUT2D eigenvalue weighted by molar-refractivity contribution is 7.91. The van der Waals surface area contributed by atoms with Crippen molar-refractivity contribution in [1.82, 2.24) is 0 Å². The van der Waals surface area contributed by atoms with Crippen molar-refractivity contribution in [3.63, 3.8) is 0 Å². The van der Waals surface area contributed by atoms with E-state index in [1.54, 1.807) is 0 Å². The van der Waals surface area contributed by atoms with E-state index in [2.05, 4.69) is 0 Å². The van der Waals surface area contributed by atoms with Crippen LogP contribution in [0.2, 0.25) is 0 Å². The first-order valence-electron chi connectivity index (χ1n) is 5.91. The second-order valence-corrected chi connectivity index (χ2v) is 6.90. The van der Waals surface area contributed by atoms with E-state index in [-0.39, 0.29) is 30.3 Å². The molecule has 1 fully saturated rings. The van der Waals surface area contributed by atoms with Gasteiger partial charge in [-0.3, -0.25) is 10.1 Å². The van der Waals surface area contributed by atoms with Crippen molar-refractivity contribution in [2.75, 3.05) is 29.5 Å². The van der Waals surface area contributed by atoms with Gasteiger partial charge in [-0.05, 0) is 6.07 Å². The predicted molar refractivity (Wildman–Crippen MR) is 69.0 cm³/mol. The molecule has 0 saturated carbocycles. The maximum atomic E-state index is 13.0. The average molecular weight is 324 g/mol. The Labute approximate surface area is 118 Å². The molecule has 0 atom stereocenters. The highest BCUT2D eigenvalue weighted by Crippen LogP contribution is 2.38. The number of non-ortho nitro benzene ring substituents is 1. The molecular formula is C11H11F3N2O4S. The van der Waals surface area contributed by atoms with Gasteiger partial charge in [0.1, 0.15) is 0 Å². The summed E-state index contributed by atoms with van der Waals surface area (Å²) in [5, 5.41) is 10.7. The predicted octanol–water partition coefficient (Wildman–Crippen LogP) is 1.85. The van der Waals surface area contributed by atoms with Gasteiger partial charge in [-0.15, -0.1) is 0 Å². The van der Waals surface area contributed by atoms with Gasteiger partial charge in [0.15, 0.2) is 9.84 Å². The van der Waals surface area contributed by atoms with Crippen LogP contribution in [0.25, 0.3) is 0 Å². The minimum absolute atomic E-state index is 0.118. The van der Waals surface area contributed by atoms with Crippen LogP contribution in [0, 0.1) is 10.1 Å². The number of anilines is 1. The van der Waals surface area contributed by atoms with Crippen molar-refractivity contribution >= 4 is 21.2 Å². The number of benzene rings is 1. The van der Waals surface area contributed by atoms with Gasteiger partial charge in [-0.2, -0.15) is 13.2 Å². The van der Waals surface area contributed by atoms with E-state index in [0.717, 1.165) is 12.1 Å². The molecule has 116 valence electrons. The summed E-state index contributed by atoms with van der Waals surface area (Å²) in [7, 11) is -3.26. The summed E-state index contributed by atoms with van der Waals surface area (Å²) in [6, 6.07) is 2.27. The highest BCUT2D eigenvalue weighted by Gasteiger charge is 2.37. The summed E-state index contributed by atoms with van der Waals surface area (Å²) in [5.41, 5.74) is -1.83. The largest absolute Gasteiger partial charge is 0.418 e. The quantitative estimate of drug-likeness (QED) is 0.612. The molecule has 1 aromatic rings. The van der Waals surface area contributed by atoms with Gasteiger partial charge >= 0.3 is 6.18 Å². The third kappa shape index (κ3) is 3.43. The highest BCUT2D eigenvalue weighted by atomic mass is 32.2. The summed E-state index contributed by atoms with van der Waals surface area (Å²) < 4.78 is 61.6. The molecule has 0 aliphatic carbocycles. The monoisotopic (exact) mass is 324 g/mol. The Morgan fingerprint density at radius 2 is 1.76 bits per heavy atom. The Balaban J connectivity index is 2.44. The molecule has 0 amide bonds. The van der Waals surface area contributed by atoms with Crippen molar-refractivity contribution in [3.05, 3.63) is 33.9 Å². The molecule has 0 spiro atoms. The van der Waals surface area contributed by atoms with E-state index < -0.39 is 32.2 Å². The van der Waals surface area contributed by atoms with Crippen LogP contribution >= 0.6 is 0 Å². The smallest absolute Gasteiger partial charge is 0.369 e. The number of nitrogens with zero attached hydrogens (tertiary/aromatic N) is 2. The zero-order chi connectivity index (χ0) is 15.8. The van der Waals surface area contributed by atoms with Crippen LogP contribution in [0.1, 0.15) is 5.56 Å². The van der Waals surface area contributed by atoms with E-state index in [1.165, 1.54) is 4.90 Å². The number of hydrogen-bond acceptors (Lipinski definition) is 5. The molecule has 0 N–H and O–H groups in total. The standard InChI is InChI=1S/C11H11F3N2O4S/c12-11(13,14)9-2-1-8(16(17)18)7-10(9)15-3-5-21(19,20)6-4-15/h1-2,7H,3-6H2. The number of rotatable bonds is 2. The third-order valence-corrected chi connectivity index (χ3v) is 4.79. The fraction of sp³-hybridized carbons (Fsp3) is 0.455.